The lowest BCUT2D eigenvalue weighted by Gasteiger charge is -2.38. The van der Waals surface area contributed by atoms with Crippen molar-refractivity contribution in [2.45, 2.75) is 44.1 Å². The third kappa shape index (κ3) is 4.12. The third-order valence-corrected chi connectivity index (χ3v) is 8.77. The van der Waals surface area contributed by atoms with Crippen molar-refractivity contribution in [2.24, 2.45) is 0 Å². The second-order valence-corrected chi connectivity index (χ2v) is 11.1. The molecule has 0 aromatic heterocycles. The number of carbonyl (C=O) groups is 3. The summed E-state index contributed by atoms with van der Waals surface area (Å²) in [6, 6.07) is 23.2. The first-order valence-corrected chi connectivity index (χ1v) is 13.8. The van der Waals surface area contributed by atoms with Gasteiger partial charge in [0.15, 0.2) is 5.54 Å². The van der Waals surface area contributed by atoms with Crippen molar-refractivity contribution in [1.82, 2.24) is 15.1 Å². The van der Waals surface area contributed by atoms with Gasteiger partial charge in [0.1, 0.15) is 0 Å². The van der Waals surface area contributed by atoms with Gasteiger partial charge in [-0.1, -0.05) is 77.9 Å². The molecular formula is C32H34N4O3. The van der Waals surface area contributed by atoms with Gasteiger partial charge in [-0.15, -0.1) is 0 Å². The highest BCUT2D eigenvalue weighted by Gasteiger charge is 2.53. The molecule has 2 N–H and O–H groups in total. The van der Waals surface area contributed by atoms with E-state index in [1.54, 1.807) is 0 Å². The summed E-state index contributed by atoms with van der Waals surface area (Å²) in [5.41, 5.74) is 4.06. The molecule has 3 aromatic rings. The number of nitrogens with one attached hydrogen (secondary N) is 2. The Morgan fingerprint density at radius 1 is 0.769 bits per heavy atom. The number of anilines is 1. The van der Waals surface area contributed by atoms with Crippen molar-refractivity contribution < 1.29 is 14.4 Å². The molecule has 0 aliphatic carbocycles. The molecule has 0 saturated carbocycles. The number of rotatable bonds is 6. The van der Waals surface area contributed by atoms with E-state index in [4.69, 9.17) is 0 Å². The number of imide groups is 1. The fraction of sp³-hybridized carbons (Fsp3) is 0.344. The molecule has 3 aliphatic rings. The Labute approximate surface area is 229 Å². The summed E-state index contributed by atoms with van der Waals surface area (Å²) in [7, 11) is 0. The number of benzene rings is 3. The number of carbonyl (C=O) groups excluding carboxylic acids is 3. The fourth-order valence-electron chi connectivity index (χ4n) is 6.43. The van der Waals surface area contributed by atoms with Crippen molar-refractivity contribution in [3.63, 3.8) is 0 Å². The van der Waals surface area contributed by atoms with E-state index in [-0.39, 0.29) is 17.8 Å². The van der Waals surface area contributed by atoms with Gasteiger partial charge in [0.2, 0.25) is 5.91 Å². The van der Waals surface area contributed by atoms with Crippen LogP contribution in [0.3, 0.4) is 0 Å². The normalized spacial score (nSPS) is 19.7. The maximum atomic E-state index is 14.0. The maximum absolute atomic E-state index is 14.0. The second-order valence-electron chi connectivity index (χ2n) is 11.1. The van der Waals surface area contributed by atoms with Crippen LogP contribution in [0, 0.1) is 13.8 Å². The molecule has 0 atom stereocenters. The molecule has 3 aliphatic heterocycles. The number of para-hydroxylation sites is 1. The van der Waals surface area contributed by atoms with E-state index in [0.29, 0.717) is 13.0 Å². The van der Waals surface area contributed by atoms with Gasteiger partial charge in [0.25, 0.3) is 5.91 Å². The topological polar surface area (TPSA) is 81.8 Å². The van der Waals surface area contributed by atoms with E-state index >= 15 is 0 Å². The average Bonchev–Trinajstić information content (AvgIpc) is 3.36. The smallest absolute Gasteiger partial charge is 0.325 e. The summed E-state index contributed by atoms with van der Waals surface area (Å²) in [4.78, 5) is 43.8. The SMILES string of the molecule is Cc1ccc(C2(c3ccc(C)cc3)NC(=O)N(CCCN3CCC4(CC3)C(=O)Nc3ccccc34)C2=O)cc1. The van der Waals surface area contributed by atoms with E-state index in [1.165, 1.54) is 4.90 Å². The summed E-state index contributed by atoms with van der Waals surface area (Å²) in [5, 5.41) is 6.11. The van der Waals surface area contributed by atoms with Crippen LogP contribution < -0.4 is 10.6 Å². The summed E-state index contributed by atoms with van der Waals surface area (Å²) in [5.74, 6) is -0.136. The van der Waals surface area contributed by atoms with Crippen LogP contribution in [0.1, 0.15) is 47.1 Å². The first-order valence-electron chi connectivity index (χ1n) is 13.8. The lowest BCUT2D eigenvalue weighted by Crippen LogP contribution is -2.47. The van der Waals surface area contributed by atoms with Crippen molar-refractivity contribution in [1.29, 1.82) is 0 Å². The van der Waals surface area contributed by atoms with Crippen LogP contribution in [0.5, 0.6) is 0 Å². The predicted octanol–water partition coefficient (Wildman–Crippen LogP) is 4.47. The molecule has 7 heteroatoms. The molecule has 0 radical (unpaired) electrons. The Balaban J connectivity index is 1.14. The lowest BCUT2D eigenvalue weighted by atomic mass is 9.73. The molecule has 7 nitrogen and oxygen atoms in total. The minimum absolute atomic E-state index is 0.103. The van der Waals surface area contributed by atoms with Gasteiger partial charge in [0, 0.05) is 12.2 Å². The number of nitrogens with zero attached hydrogens (tertiary/aromatic N) is 2. The number of aryl methyl sites for hydroxylation is 2. The van der Waals surface area contributed by atoms with Crippen molar-refractivity contribution in [3.05, 3.63) is 101 Å². The van der Waals surface area contributed by atoms with Gasteiger partial charge in [-0.25, -0.2) is 4.79 Å². The van der Waals surface area contributed by atoms with Crippen LogP contribution in [0.2, 0.25) is 0 Å². The van der Waals surface area contributed by atoms with Gasteiger partial charge in [-0.05, 0) is 75.5 Å². The molecule has 0 unspecified atom stereocenters. The molecule has 4 amide bonds. The molecule has 0 bridgehead atoms. The monoisotopic (exact) mass is 522 g/mol. The van der Waals surface area contributed by atoms with Crippen LogP contribution in [0.4, 0.5) is 10.5 Å². The number of hydrogen-bond donors (Lipinski definition) is 2. The summed E-state index contributed by atoms with van der Waals surface area (Å²) >= 11 is 0. The van der Waals surface area contributed by atoms with Crippen LogP contribution in [-0.2, 0) is 20.5 Å². The van der Waals surface area contributed by atoms with Crippen molar-refractivity contribution in [3.8, 4) is 0 Å². The van der Waals surface area contributed by atoms with E-state index in [9.17, 15) is 14.4 Å². The predicted molar refractivity (Wildman–Crippen MR) is 150 cm³/mol. The highest BCUT2D eigenvalue weighted by molar-refractivity contribution is 6.09. The number of piperidine rings is 1. The molecule has 2 fully saturated rings. The van der Waals surface area contributed by atoms with Gasteiger partial charge >= 0.3 is 6.03 Å². The Morgan fingerprint density at radius 2 is 1.36 bits per heavy atom. The number of amides is 4. The minimum Gasteiger partial charge on any atom is -0.325 e. The van der Waals surface area contributed by atoms with Crippen molar-refractivity contribution >= 4 is 23.5 Å². The van der Waals surface area contributed by atoms with Crippen LogP contribution in [0.25, 0.3) is 0 Å². The van der Waals surface area contributed by atoms with Gasteiger partial charge in [-0.2, -0.15) is 0 Å². The summed E-state index contributed by atoms with van der Waals surface area (Å²) in [6.45, 7) is 6.72. The second kappa shape index (κ2) is 9.65. The molecule has 1 spiro atoms. The van der Waals surface area contributed by atoms with Gasteiger partial charge in [0.05, 0.1) is 5.41 Å². The van der Waals surface area contributed by atoms with Gasteiger partial charge in [-0.3, -0.25) is 14.5 Å². The zero-order chi connectivity index (χ0) is 27.2. The van der Waals surface area contributed by atoms with E-state index < -0.39 is 11.0 Å². The standard InChI is InChI=1S/C32H34N4O3/c1-22-8-12-24(13-9-22)32(25-14-10-23(2)11-15-25)29(38)36(30(39)34-32)19-5-18-35-20-16-31(17-21-35)26-6-3-4-7-27(26)33-28(31)37/h3-4,6-15H,5,16-21H2,1-2H3,(H,33,37)(H,34,39). The van der Waals surface area contributed by atoms with E-state index in [0.717, 1.165) is 66.0 Å². The zero-order valence-electron chi connectivity index (χ0n) is 22.5. The fourth-order valence-corrected chi connectivity index (χ4v) is 6.43. The lowest BCUT2D eigenvalue weighted by molar-refractivity contribution is -0.130. The van der Waals surface area contributed by atoms with E-state index in [1.807, 2.05) is 80.6 Å². The molecule has 200 valence electrons. The van der Waals surface area contributed by atoms with Crippen LogP contribution >= 0.6 is 0 Å². The minimum atomic E-state index is -1.24. The van der Waals surface area contributed by atoms with Crippen LogP contribution in [0.15, 0.2) is 72.8 Å². The van der Waals surface area contributed by atoms with Gasteiger partial charge < -0.3 is 15.5 Å². The summed E-state index contributed by atoms with van der Waals surface area (Å²) in [6.07, 6.45) is 2.21. The Kier molecular flexibility index (Phi) is 6.26. The summed E-state index contributed by atoms with van der Waals surface area (Å²) < 4.78 is 0. The molecular weight excluding hydrogens is 488 g/mol. The number of likely N-dealkylation sites (tertiary alicyclic amines) is 1. The average molecular weight is 523 g/mol. The highest BCUT2D eigenvalue weighted by Crippen LogP contribution is 2.44. The molecule has 6 rings (SSSR count). The highest BCUT2D eigenvalue weighted by atomic mass is 16.2. The molecule has 2 saturated heterocycles. The quantitative estimate of drug-likeness (QED) is 0.468. The van der Waals surface area contributed by atoms with E-state index in [2.05, 4.69) is 21.6 Å². The Morgan fingerprint density at radius 3 is 1.97 bits per heavy atom. The van der Waals surface area contributed by atoms with Crippen LogP contribution in [-0.4, -0.2) is 53.8 Å². The first kappa shape index (κ1) is 25.3. The Hall–Kier alpha value is -3.97. The number of hydrogen-bond acceptors (Lipinski definition) is 4. The third-order valence-electron chi connectivity index (χ3n) is 8.77. The van der Waals surface area contributed by atoms with Crippen molar-refractivity contribution in [2.75, 3.05) is 31.5 Å². The number of urea groups is 1. The molecule has 3 heterocycles. The maximum Gasteiger partial charge on any atom is 0.325 e. The largest absolute Gasteiger partial charge is 0.325 e. The molecule has 3 aromatic carbocycles. The zero-order valence-corrected chi connectivity index (χ0v) is 22.5. The first-order chi connectivity index (χ1) is 18.8. The number of fused-ring (bicyclic) bond motifs is 2. The molecule has 39 heavy (non-hydrogen) atoms. The Bertz CT molecular complexity index is 1380.